The van der Waals surface area contributed by atoms with Crippen LogP contribution in [0.2, 0.25) is 0 Å². The van der Waals surface area contributed by atoms with Gasteiger partial charge in [-0.2, -0.15) is 0 Å². The van der Waals surface area contributed by atoms with Crippen LogP contribution < -0.4 is 10.2 Å². The van der Waals surface area contributed by atoms with Crippen molar-refractivity contribution in [1.29, 1.82) is 0 Å². The molecule has 0 fully saturated rings. The predicted molar refractivity (Wildman–Crippen MR) is 65.2 cm³/mol. The molecule has 1 aromatic rings. The number of nitrogens with zero attached hydrogens (tertiary/aromatic N) is 2. The van der Waals surface area contributed by atoms with Crippen LogP contribution in [0.15, 0.2) is 18.2 Å². The fraction of sp³-hybridized carbons (Fsp3) is 0.583. The maximum Gasteiger partial charge on any atom is 0.128 e. The van der Waals surface area contributed by atoms with Gasteiger partial charge in [0.25, 0.3) is 0 Å². The molecule has 3 heteroatoms. The second-order valence-electron chi connectivity index (χ2n) is 4.07. The van der Waals surface area contributed by atoms with Crippen LogP contribution in [0.4, 0.5) is 5.82 Å². The van der Waals surface area contributed by atoms with Gasteiger partial charge in [0, 0.05) is 26.7 Å². The molecule has 0 saturated heterocycles. The Kier molecular flexibility index (Phi) is 4.56. The molecule has 0 amide bonds. The monoisotopic (exact) mass is 207 g/mol. The lowest BCUT2D eigenvalue weighted by atomic mass is 10.2. The van der Waals surface area contributed by atoms with Gasteiger partial charge in [0.2, 0.25) is 0 Å². The zero-order valence-corrected chi connectivity index (χ0v) is 10.1. The van der Waals surface area contributed by atoms with Crippen LogP contribution in [-0.4, -0.2) is 25.1 Å². The molecule has 0 aromatic carbocycles. The standard InChI is InChI=1S/C12H21N3/c1-5-10(2)13-9-11-7-6-8-12(14-11)15(3)4/h6-8,10,13H,5,9H2,1-4H3. The van der Waals surface area contributed by atoms with Crippen LogP contribution in [0.25, 0.3) is 0 Å². The molecule has 0 spiro atoms. The van der Waals surface area contributed by atoms with Crippen molar-refractivity contribution in [3.63, 3.8) is 0 Å². The Labute approximate surface area is 92.5 Å². The number of hydrogen-bond acceptors (Lipinski definition) is 3. The van der Waals surface area contributed by atoms with Gasteiger partial charge in [0.05, 0.1) is 5.69 Å². The van der Waals surface area contributed by atoms with Crippen LogP contribution in [-0.2, 0) is 6.54 Å². The van der Waals surface area contributed by atoms with Gasteiger partial charge in [0.15, 0.2) is 0 Å². The maximum atomic E-state index is 4.54. The third kappa shape index (κ3) is 3.88. The van der Waals surface area contributed by atoms with Gasteiger partial charge in [-0.1, -0.05) is 13.0 Å². The molecule has 1 aromatic heterocycles. The molecular formula is C12H21N3. The number of rotatable bonds is 5. The van der Waals surface area contributed by atoms with E-state index in [1.807, 2.05) is 25.1 Å². The summed E-state index contributed by atoms with van der Waals surface area (Å²) in [6.45, 7) is 5.22. The molecule has 1 unspecified atom stereocenters. The normalized spacial score (nSPS) is 12.5. The summed E-state index contributed by atoms with van der Waals surface area (Å²) < 4.78 is 0. The lowest BCUT2D eigenvalue weighted by molar-refractivity contribution is 0.529. The molecule has 84 valence electrons. The van der Waals surface area contributed by atoms with E-state index in [2.05, 4.69) is 36.3 Å². The van der Waals surface area contributed by atoms with Gasteiger partial charge in [-0.05, 0) is 25.5 Å². The number of nitrogens with one attached hydrogen (secondary N) is 1. The van der Waals surface area contributed by atoms with E-state index in [1.54, 1.807) is 0 Å². The van der Waals surface area contributed by atoms with Crippen LogP contribution in [0.5, 0.6) is 0 Å². The van der Waals surface area contributed by atoms with Gasteiger partial charge in [-0.3, -0.25) is 0 Å². The van der Waals surface area contributed by atoms with Crippen molar-refractivity contribution in [2.75, 3.05) is 19.0 Å². The Balaban J connectivity index is 2.58. The van der Waals surface area contributed by atoms with Gasteiger partial charge in [-0.25, -0.2) is 4.98 Å². The zero-order chi connectivity index (χ0) is 11.3. The molecule has 1 atom stereocenters. The third-order valence-corrected chi connectivity index (χ3v) is 2.49. The molecule has 0 aliphatic carbocycles. The first kappa shape index (κ1) is 12.0. The fourth-order valence-electron chi connectivity index (χ4n) is 1.24. The summed E-state index contributed by atoms with van der Waals surface area (Å²) in [6, 6.07) is 6.68. The van der Waals surface area contributed by atoms with Crippen LogP contribution in [0.3, 0.4) is 0 Å². The zero-order valence-electron chi connectivity index (χ0n) is 10.1. The van der Waals surface area contributed by atoms with E-state index in [-0.39, 0.29) is 0 Å². The van der Waals surface area contributed by atoms with E-state index < -0.39 is 0 Å². The van der Waals surface area contributed by atoms with Crippen molar-refractivity contribution in [2.24, 2.45) is 0 Å². The topological polar surface area (TPSA) is 28.2 Å². The molecule has 0 aliphatic rings. The second-order valence-corrected chi connectivity index (χ2v) is 4.07. The lowest BCUT2D eigenvalue weighted by Crippen LogP contribution is -2.25. The average molecular weight is 207 g/mol. The third-order valence-electron chi connectivity index (χ3n) is 2.49. The lowest BCUT2D eigenvalue weighted by Gasteiger charge is -2.14. The van der Waals surface area contributed by atoms with Crippen LogP contribution in [0.1, 0.15) is 26.0 Å². The molecule has 0 aliphatic heterocycles. The van der Waals surface area contributed by atoms with Crippen LogP contribution >= 0.6 is 0 Å². The molecule has 0 radical (unpaired) electrons. The Morgan fingerprint density at radius 3 is 2.73 bits per heavy atom. The summed E-state index contributed by atoms with van der Waals surface area (Å²) in [6.07, 6.45) is 1.15. The van der Waals surface area contributed by atoms with Gasteiger partial charge in [-0.15, -0.1) is 0 Å². The highest BCUT2D eigenvalue weighted by Gasteiger charge is 2.01. The summed E-state index contributed by atoms with van der Waals surface area (Å²) in [7, 11) is 4.02. The molecule has 0 bridgehead atoms. The Hall–Kier alpha value is -1.09. The van der Waals surface area contributed by atoms with Crippen molar-refractivity contribution in [1.82, 2.24) is 10.3 Å². The number of anilines is 1. The first-order chi connectivity index (χ1) is 7.13. The highest BCUT2D eigenvalue weighted by atomic mass is 15.1. The Morgan fingerprint density at radius 1 is 1.40 bits per heavy atom. The van der Waals surface area contributed by atoms with Crippen molar-refractivity contribution in [3.8, 4) is 0 Å². The van der Waals surface area contributed by atoms with E-state index in [4.69, 9.17) is 0 Å². The van der Waals surface area contributed by atoms with Crippen molar-refractivity contribution in [3.05, 3.63) is 23.9 Å². The molecule has 1 rings (SSSR count). The minimum absolute atomic E-state index is 0.551. The average Bonchev–Trinajstić information content (AvgIpc) is 2.26. The van der Waals surface area contributed by atoms with Crippen molar-refractivity contribution >= 4 is 5.82 Å². The summed E-state index contributed by atoms with van der Waals surface area (Å²) in [5, 5.41) is 3.43. The van der Waals surface area contributed by atoms with E-state index in [9.17, 15) is 0 Å². The highest BCUT2D eigenvalue weighted by Crippen LogP contribution is 2.07. The van der Waals surface area contributed by atoms with E-state index >= 15 is 0 Å². The van der Waals surface area contributed by atoms with Crippen molar-refractivity contribution < 1.29 is 0 Å². The van der Waals surface area contributed by atoms with Gasteiger partial charge in [0.1, 0.15) is 5.82 Å². The molecular weight excluding hydrogens is 186 g/mol. The number of aromatic nitrogens is 1. The molecule has 0 saturated carbocycles. The van der Waals surface area contributed by atoms with Gasteiger partial charge >= 0.3 is 0 Å². The first-order valence-electron chi connectivity index (χ1n) is 5.50. The highest BCUT2D eigenvalue weighted by molar-refractivity contribution is 5.36. The summed E-state index contributed by atoms with van der Waals surface area (Å²) in [5.74, 6) is 1.01. The quantitative estimate of drug-likeness (QED) is 0.801. The van der Waals surface area contributed by atoms with Gasteiger partial charge < -0.3 is 10.2 Å². The van der Waals surface area contributed by atoms with E-state index in [1.165, 1.54) is 0 Å². The minimum atomic E-state index is 0.551. The summed E-state index contributed by atoms with van der Waals surface area (Å²) in [4.78, 5) is 6.56. The fourth-order valence-corrected chi connectivity index (χ4v) is 1.24. The second kappa shape index (κ2) is 5.71. The summed E-state index contributed by atoms with van der Waals surface area (Å²) in [5.41, 5.74) is 1.10. The largest absolute Gasteiger partial charge is 0.363 e. The Morgan fingerprint density at radius 2 is 2.13 bits per heavy atom. The molecule has 1 N–H and O–H groups in total. The maximum absolute atomic E-state index is 4.54. The van der Waals surface area contributed by atoms with Crippen molar-refractivity contribution in [2.45, 2.75) is 32.9 Å². The summed E-state index contributed by atoms with van der Waals surface area (Å²) >= 11 is 0. The van der Waals surface area contributed by atoms with Crippen LogP contribution in [0, 0.1) is 0 Å². The SMILES string of the molecule is CCC(C)NCc1cccc(N(C)C)n1. The minimum Gasteiger partial charge on any atom is -0.363 e. The molecule has 1 heterocycles. The Bertz CT molecular complexity index is 297. The van der Waals surface area contributed by atoms with E-state index in [0.717, 1.165) is 24.5 Å². The number of hydrogen-bond donors (Lipinski definition) is 1. The smallest absolute Gasteiger partial charge is 0.128 e. The number of pyridine rings is 1. The molecule has 15 heavy (non-hydrogen) atoms. The van der Waals surface area contributed by atoms with E-state index in [0.29, 0.717) is 6.04 Å². The predicted octanol–water partition coefficient (Wildman–Crippen LogP) is 2.04. The molecule has 3 nitrogen and oxygen atoms in total. The first-order valence-corrected chi connectivity index (χ1v) is 5.50.